The van der Waals surface area contributed by atoms with Crippen molar-refractivity contribution in [3.63, 3.8) is 0 Å². The zero-order chi connectivity index (χ0) is 24.9. The number of aromatic nitrogens is 5. The molecule has 0 saturated heterocycles. The average molecular weight is 480 g/mol. The van der Waals surface area contributed by atoms with Gasteiger partial charge in [-0.3, -0.25) is 5.32 Å². The van der Waals surface area contributed by atoms with Crippen LogP contribution in [0.2, 0.25) is 0 Å². The van der Waals surface area contributed by atoms with E-state index in [9.17, 15) is 14.0 Å². The lowest BCUT2D eigenvalue weighted by Crippen LogP contribution is -2.17. The minimum atomic E-state index is -0.806. The van der Waals surface area contributed by atoms with E-state index in [4.69, 9.17) is 9.26 Å². The van der Waals surface area contributed by atoms with Crippen LogP contribution in [-0.2, 0) is 20.8 Å². The maximum Gasteiger partial charge on any atom is 0.412 e. The van der Waals surface area contributed by atoms with Crippen molar-refractivity contribution in [2.45, 2.75) is 26.5 Å². The van der Waals surface area contributed by atoms with Crippen LogP contribution in [0.15, 0.2) is 53.1 Å². The standard InChI is InChI=1S/C23H21FN6O5/c1-13-20(25-23(32)34-14(2)17-6-4-5-7-18(17)24)21(35-28-13)15-8-10-16(11-9-15)22-26-29-30(27-22)12-19(31)33-3/h4-11,14H,12H2,1-3H3,(H,25,32)/t14-/m1/s1. The van der Waals surface area contributed by atoms with Crippen LogP contribution in [0.1, 0.15) is 24.3 Å². The molecular formula is C23H21FN6O5. The highest BCUT2D eigenvalue weighted by Gasteiger charge is 2.21. The molecule has 0 aliphatic carbocycles. The lowest BCUT2D eigenvalue weighted by molar-refractivity contribution is -0.141. The SMILES string of the molecule is COC(=O)Cn1nnc(-c2ccc(-c3onc(C)c3NC(=O)O[C@H](C)c3ccccc3F)cc2)n1. The lowest BCUT2D eigenvalue weighted by atomic mass is 10.1. The van der Waals surface area contributed by atoms with Crippen LogP contribution < -0.4 is 5.32 Å². The number of esters is 1. The van der Waals surface area contributed by atoms with E-state index in [1.54, 1.807) is 56.3 Å². The quantitative estimate of drug-likeness (QED) is 0.390. The molecule has 0 radical (unpaired) electrons. The molecule has 1 atom stereocenters. The minimum absolute atomic E-state index is 0.153. The third kappa shape index (κ3) is 5.32. The number of carbonyl (C=O) groups excluding carboxylic acids is 2. The Morgan fingerprint density at radius 1 is 1.14 bits per heavy atom. The predicted octanol–water partition coefficient (Wildman–Crippen LogP) is 3.93. The topological polar surface area (TPSA) is 134 Å². The highest BCUT2D eigenvalue weighted by Crippen LogP contribution is 2.32. The summed E-state index contributed by atoms with van der Waals surface area (Å²) in [6, 6.07) is 13.0. The Kier molecular flexibility index (Phi) is 6.81. The van der Waals surface area contributed by atoms with Gasteiger partial charge in [0.15, 0.2) is 12.3 Å². The third-order valence-corrected chi connectivity index (χ3v) is 5.07. The molecule has 2 aromatic carbocycles. The molecule has 0 bridgehead atoms. The van der Waals surface area contributed by atoms with Crippen molar-refractivity contribution in [3.05, 3.63) is 65.6 Å². The Labute approximate surface area is 198 Å². The van der Waals surface area contributed by atoms with E-state index < -0.39 is 24.0 Å². The van der Waals surface area contributed by atoms with Crippen LogP contribution in [0.3, 0.4) is 0 Å². The molecular weight excluding hydrogens is 459 g/mol. The molecule has 2 aromatic heterocycles. The van der Waals surface area contributed by atoms with E-state index >= 15 is 0 Å². The van der Waals surface area contributed by atoms with Crippen molar-refractivity contribution in [3.8, 4) is 22.7 Å². The van der Waals surface area contributed by atoms with Crippen molar-refractivity contribution in [1.82, 2.24) is 25.4 Å². The maximum atomic E-state index is 14.0. The number of halogens is 1. The number of nitrogens with one attached hydrogen (secondary N) is 1. The smallest absolute Gasteiger partial charge is 0.412 e. The van der Waals surface area contributed by atoms with E-state index in [1.165, 1.54) is 13.2 Å². The molecule has 35 heavy (non-hydrogen) atoms. The Morgan fingerprint density at radius 2 is 1.86 bits per heavy atom. The fourth-order valence-corrected chi connectivity index (χ4v) is 3.25. The van der Waals surface area contributed by atoms with Crippen molar-refractivity contribution >= 4 is 17.7 Å². The number of rotatable bonds is 7. The van der Waals surface area contributed by atoms with E-state index in [2.05, 4.69) is 30.6 Å². The number of methoxy groups -OCH3 is 1. The molecule has 0 aliphatic rings. The largest absolute Gasteiger partial charge is 0.468 e. The molecule has 1 N–H and O–H groups in total. The molecule has 4 rings (SSSR count). The Hall–Kier alpha value is -4.61. The summed E-state index contributed by atoms with van der Waals surface area (Å²) >= 11 is 0. The number of amides is 1. The van der Waals surface area contributed by atoms with Gasteiger partial charge in [-0.1, -0.05) is 47.6 Å². The second-order valence-electron chi connectivity index (χ2n) is 7.46. The fourth-order valence-electron chi connectivity index (χ4n) is 3.25. The molecule has 0 aliphatic heterocycles. The first-order valence-corrected chi connectivity index (χ1v) is 10.5. The first kappa shape index (κ1) is 23.5. The van der Waals surface area contributed by atoms with Gasteiger partial charge in [-0.25, -0.2) is 14.0 Å². The summed E-state index contributed by atoms with van der Waals surface area (Å²) in [5.74, 6) is -0.327. The molecule has 0 saturated carbocycles. The van der Waals surface area contributed by atoms with Gasteiger partial charge in [-0.2, -0.15) is 4.80 Å². The van der Waals surface area contributed by atoms with Crippen molar-refractivity contribution in [2.24, 2.45) is 0 Å². The number of anilines is 1. The van der Waals surface area contributed by atoms with E-state index in [0.29, 0.717) is 34.1 Å². The summed E-state index contributed by atoms with van der Waals surface area (Å²) in [4.78, 5) is 25.0. The zero-order valence-corrected chi connectivity index (χ0v) is 19.1. The van der Waals surface area contributed by atoms with Gasteiger partial charge in [0.25, 0.3) is 0 Å². The van der Waals surface area contributed by atoms with Gasteiger partial charge in [0.1, 0.15) is 23.3 Å². The number of carbonyl (C=O) groups is 2. The normalized spacial score (nSPS) is 11.7. The first-order chi connectivity index (χ1) is 16.9. The monoisotopic (exact) mass is 480 g/mol. The Balaban J connectivity index is 1.48. The number of hydrogen-bond acceptors (Lipinski definition) is 9. The molecule has 0 fully saturated rings. The average Bonchev–Trinajstić information content (AvgIpc) is 3.46. The van der Waals surface area contributed by atoms with Gasteiger partial charge in [0.2, 0.25) is 5.82 Å². The third-order valence-electron chi connectivity index (χ3n) is 5.07. The summed E-state index contributed by atoms with van der Waals surface area (Å²) < 4.78 is 29.3. The van der Waals surface area contributed by atoms with Gasteiger partial charge in [-0.05, 0) is 25.1 Å². The molecule has 2 heterocycles. The second kappa shape index (κ2) is 10.1. The maximum absolute atomic E-state index is 14.0. The molecule has 11 nitrogen and oxygen atoms in total. The molecule has 1 amide bonds. The van der Waals surface area contributed by atoms with Crippen LogP contribution in [-0.4, -0.2) is 44.5 Å². The van der Waals surface area contributed by atoms with Gasteiger partial charge >= 0.3 is 12.1 Å². The molecule has 4 aromatic rings. The predicted molar refractivity (Wildman–Crippen MR) is 120 cm³/mol. The summed E-state index contributed by atoms with van der Waals surface area (Å²) in [5, 5.41) is 18.5. The zero-order valence-electron chi connectivity index (χ0n) is 19.1. The van der Waals surface area contributed by atoms with Gasteiger partial charge in [0.05, 0.1) is 7.11 Å². The van der Waals surface area contributed by atoms with Crippen LogP contribution in [0.5, 0.6) is 0 Å². The molecule has 180 valence electrons. The van der Waals surface area contributed by atoms with Gasteiger partial charge < -0.3 is 14.0 Å². The summed E-state index contributed by atoms with van der Waals surface area (Å²) in [5.41, 5.74) is 2.29. The Bertz CT molecular complexity index is 1350. The van der Waals surface area contributed by atoms with Crippen molar-refractivity contribution in [1.29, 1.82) is 0 Å². The van der Waals surface area contributed by atoms with Crippen LogP contribution in [0, 0.1) is 12.7 Å². The summed E-state index contributed by atoms with van der Waals surface area (Å²) in [7, 11) is 1.27. The molecule has 0 unspecified atom stereocenters. The van der Waals surface area contributed by atoms with E-state index in [0.717, 1.165) is 4.80 Å². The minimum Gasteiger partial charge on any atom is -0.468 e. The number of ether oxygens (including phenoxy) is 2. The molecule has 0 spiro atoms. The summed E-state index contributed by atoms with van der Waals surface area (Å²) in [6.07, 6.45) is -1.59. The fraction of sp³-hybridized carbons (Fsp3) is 0.217. The number of benzene rings is 2. The highest BCUT2D eigenvalue weighted by atomic mass is 19.1. The first-order valence-electron chi connectivity index (χ1n) is 10.5. The lowest BCUT2D eigenvalue weighted by Gasteiger charge is -2.15. The van der Waals surface area contributed by atoms with Crippen LogP contribution in [0.4, 0.5) is 14.9 Å². The molecule has 12 heteroatoms. The number of nitrogens with zero attached hydrogens (tertiary/aromatic N) is 5. The Morgan fingerprint density at radius 3 is 2.57 bits per heavy atom. The van der Waals surface area contributed by atoms with Crippen LogP contribution >= 0.6 is 0 Å². The van der Waals surface area contributed by atoms with E-state index in [1.807, 2.05) is 0 Å². The van der Waals surface area contributed by atoms with Gasteiger partial charge in [0, 0.05) is 16.7 Å². The second-order valence-corrected chi connectivity index (χ2v) is 7.46. The van der Waals surface area contributed by atoms with Gasteiger partial charge in [-0.15, -0.1) is 10.2 Å². The summed E-state index contributed by atoms with van der Waals surface area (Å²) in [6.45, 7) is 3.09. The van der Waals surface area contributed by atoms with Crippen LogP contribution in [0.25, 0.3) is 22.7 Å². The van der Waals surface area contributed by atoms with Crippen molar-refractivity contribution in [2.75, 3.05) is 12.4 Å². The van der Waals surface area contributed by atoms with Crippen molar-refractivity contribution < 1.29 is 28.0 Å². The number of tetrazole rings is 1. The number of aryl methyl sites for hydroxylation is 1. The highest BCUT2D eigenvalue weighted by molar-refractivity contribution is 5.91. The number of hydrogen-bond donors (Lipinski definition) is 1. The van der Waals surface area contributed by atoms with E-state index in [-0.39, 0.29) is 12.1 Å².